The molecule has 1 aromatic heterocycles. The van der Waals surface area contributed by atoms with E-state index in [9.17, 15) is 24.5 Å². The predicted molar refractivity (Wildman–Crippen MR) is 113 cm³/mol. The Bertz CT molecular complexity index is 1250. The molecule has 3 aromatic rings. The van der Waals surface area contributed by atoms with Crippen LogP contribution >= 0.6 is 0 Å². The SMILES string of the molecule is CCn1c(=O)c(C)nc2cc(C(=O)OC(C)C(=O)Nc3ccccc3[N+](=O)[O-])ccc21. The molecule has 0 radical (unpaired) electrons. The van der Waals surface area contributed by atoms with Crippen molar-refractivity contribution in [3.8, 4) is 0 Å². The second-order valence-corrected chi connectivity index (χ2v) is 6.76. The summed E-state index contributed by atoms with van der Waals surface area (Å²) in [5.74, 6) is -1.47. The van der Waals surface area contributed by atoms with Crippen LogP contribution in [0.4, 0.5) is 11.4 Å². The lowest BCUT2D eigenvalue weighted by molar-refractivity contribution is -0.383. The number of para-hydroxylation sites is 2. The maximum atomic E-state index is 12.5. The lowest BCUT2D eigenvalue weighted by Gasteiger charge is -2.14. The molecule has 1 unspecified atom stereocenters. The molecular weight excluding hydrogens is 404 g/mol. The van der Waals surface area contributed by atoms with Crippen LogP contribution < -0.4 is 10.9 Å². The average Bonchev–Trinajstić information content (AvgIpc) is 2.74. The minimum Gasteiger partial charge on any atom is -0.449 e. The normalized spacial score (nSPS) is 11.7. The number of anilines is 1. The second-order valence-electron chi connectivity index (χ2n) is 6.76. The number of nitro benzene ring substituents is 1. The number of hydrogen-bond acceptors (Lipinski definition) is 7. The fourth-order valence-corrected chi connectivity index (χ4v) is 3.07. The van der Waals surface area contributed by atoms with Crippen molar-refractivity contribution >= 4 is 34.3 Å². The number of carbonyl (C=O) groups is 2. The van der Waals surface area contributed by atoms with Gasteiger partial charge in [0.1, 0.15) is 11.4 Å². The minimum absolute atomic E-state index is 0.00307. The molecule has 2 aromatic carbocycles. The highest BCUT2D eigenvalue weighted by molar-refractivity contribution is 5.99. The highest BCUT2D eigenvalue weighted by Crippen LogP contribution is 2.23. The van der Waals surface area contributed by atoms with Crippen molar-refractivity contribution in [3.63, 3.8) is 0 Å². The zero-order valence-electron chi connectivity index (χ0n) is 17.1. The van der Waals surface area contributed by atoms with Crippen molar-refractivity contribution < 1.29 is 19.2 Å². The zero-order valence-corrected chi connectivity index (χ0v) is 17.1. The molecule has 0 aliphatic rings. The monoisotopic (exact) mass is 424 g/mol. The molecule has 1 N–H and O–H groups in total. The molecule has 1 atom stereocenters. The number of nitrogens with one attached hydrogen (secondary N) is 1. The van der Waals surface area contributed by atoms with Crippen LogP contribution in [0.3, 0.4) is 0 Å². The third kappa shape index (κ3) is 4.42. The molecule has 0 bridgehead atoms. The van der Waals surface area contributed by atoms with Gasteiger partial charge in [-0.05, 0) is 45.0 Å². The Kier molecular flexibility index (Phi) is 6.10. The molecular formula is C21H20N4O6. The van der Waals surface area contributed by atoms with Gasteiger partial charge in [-0.3, -0.25) is 19.7 Å². The number of hydrogen-bond donors (Lipinski definition) is 1. The molecule has 0 spiro atoms. The first-order valence-corrected chi connectivity index (χ1v) is 9.49. The van der Waals surface area contributed by atoms with E-state index in [1.165, 1.54) is 37.3 Å². The van der Waals surface area contributed by atoms with Crippen LogP contribution in [-0.2, 0) is 16.1 Å². The molecule has 10 nitrogen and oxygen atoms in total. The van der Waals surface area contributed by atoms with E-state index in [4.69, 9.17) is 4.74 Å². The van der Waals surface area contributed by atoms with Crippen LogP contribution in [0.15, 0.2) is 47.3 Å². The minimum atomic E-state index is -1.21. The van der Waals surface area contributed by atoms with Crippen LogP contribution in [0, 0.1) is 17.0 Å². The number of nitrogens with zero attached hydrogens (tertiary/aromatic N) is 3. The van der Waals surface area contributed by atoms with Crippen molar-refractivity contribution in [2.24, 2.45) is 0 Å². The van der Waals surface area contributed by atoms with Gasteiger partial charge in [-0.1, -0.05) is 12.1 Å². The maximum Gasteiger partial charge on any atom is 0.338 e. The zero-order chi connectivity index (χ0) is 22.7. The van der Waals surface area contributed by atoms with E-state index >= 15 is 0 Å². The topological polar surface area (TPSA) is 133 Å². The Hall–Kier alpha value is -4.08. The standard InChI is InChI=1S/C21H20N4O6/c1-4-24-17-10-9-14(11-16(17)22-12(2)20(24)27)21(28)31-13(3)19(26)23-15-7-5-6-8-18(15)25(29)30/h5-11,13H,4H2,1-3H3,(H,23,26). The number of carbonyl (C=O) groups excluding carboxylic acids is 2. The Morgan fingerprint density at radius 2 is 1.97 bits per heavy atom. The summed E-state index contributed by atoms with van der Waals surface area (Å²) >= 11 is 0. The van der Waals surface area contributed by atoms with E-state index in [-0.39, 0.29) is 22.5 Å². The van der Waals surface area contributed by atoms with Gasteiger partial charge < -0.3 is 14.6 Å². The summed E-state index contributed by atoms with van der Waals surface area (Å²) in [7, 11) is 0. The summed E-state index contributed by atoms with van der Waals surface area (Å²) in [6.07, 6.45) is -1.21. The number of esters is 1. The van der Waals surface area contributed by atoms with E-state index in [0.717, 1.165) is 0 Å². The molecule has 3 rings (SSSR count). The van der Waals surface area contributed by atoms with Crippen molar-refractivity contribution in [2.45, 2.75) is 33.4 Å². The van der Waals surface area contributed by atoms with Crippen molar-refractivity contribution in [1.29, 1.82) is 0 Å². The lowest BCUT2D eigenvalue weighted by Crippen LogP contribution is -2.30. The van der Waals surface area contributed by atoms with Gasteiger partial charge in [-0.15, -0.1) is 0 Å². The summed E-state index contributed by atoms with van der Waals surface area (Å²) in [6, 6.07) is 10.2. The summed E-state index contributed by atoms with van der Waals surface area (Å²) in [5, 5.41) is 13.5. The fraction of sp³-hybridized carbons (Fsp3) is 0.238. The molecule has 0 aliphatic heterocycles. The highest BCUT2D eigenvalue weighted by atomic mass is 16.6. The maximum absolute atomic E-state index is 12.5. The van der Waals surface area contributed by atoms with Crippen molar-refractivity contribution in [3.05, 3.63) is 74.2 Å². The van der Waals surface area contributed by atoms with E-state index in [0.29, 0.717) is 23.3 Å². The molecule has 160 valence electrons. The van der Waals surface area contributed by atoms with Crippen molar-refractivity contribution in [2.75, 3.05) is 5.32 Å². The largest absolute Gasteiger partial charge is 0.449 e. The third-order valence-electron chi connectivity index (χ3n) is 4.67. The van der Waals surface area contributed by atoms with Gasteiger partial charge >= 0.3 is 5.97 Å². The molecule has 0 aliphatic carbocycles. The number of fused-ring (bicyclic) bond motifs is 1. The Morgan fingerprint density at radius 1 is 1.26 bits per heavy atom. The van der Waals surface area contributed by atoms with Crippen LogP contribution in [0.1, 0.15) is 29.9 Å². The van der Waals surface area contributed by atoms with E-state index in [1.807, 2.05) is 6.92 Å². The predicted octanol–water partition coefficient (Wildman–Crippen LogP) is 2.82. The molecule has 0 saturated heterocycles. The third-order valence-corrected chi connectivity index (χ3v) is 4.67. The summed E-state index contributed by atoms with van der Waals surface area (Å²) in [6.45, 7) is 5.24. The van der Waals surface area contributed by atoms with Gasteiger partial charge in [0.05, 0.1) is 21.5 Å². The Balaban J connectivity index is 1.79. The van der Waals surface area contributed by atoms with Crippen LogP contribution in [0.5, 0.6) is 0 Å². The number of rotatable bonds is 6. The second kappa shape index (κ2) is 8.74. The summed E-state index contributed by atoms with van der Waals surface area (Å²) in [4.78, 5) is 51.8. The van der Waals surface area contributed by atoms with Gasteiger partial charge in [0.25, 0.3) is 17.2 Å². The molecule has 1 amide bonds. The lowest BCUT2D eigenvalue weighted by atomic mass is 10.2. The number of nitro groups is 1. The van der Waals surface area contributed by atoms with Crippen molar-refractivity contribution in [1.82, 2.24) is 9.55 Å². The Labute approximate surface area is 176 Å². The van der Waals surface area contributed by atoms with Gasteiger partial charge in [0, 0.05) is 12.6 Å². The molecule has 10 heteroatoms. The summed E-state index contributed by atoms with van der Waals surface area (Å²) in [5.41, 5.74) is 1.02. The van der Waals surface area contributed by atoms with E-state index in [2.05, 4.69) is 10.3 Å². The average molecular weight is 424 g/mol. The first-order chi connectivity index (χ1) is 14.7. The highest BCUT2D eigenvalue weighted by Gasteiger charge is 2.22. The number of benzene rings is 2. The number of aromatic nitrogens is 2. The first kappa shape index (κ1) is 21.6. The van der Waals surface area contributed by atoms with E-state index in [1.54, 1.807) is 23.6 Å². The molecule has 0 fully saturated rings. The van der Waals surface area contributed by atoms with E-state index < -0.39 is 22.9 Å². The van der Waals surface area contributed by atoms with Gasteiger partial charge in [0.15, 0.2) is 6.10 Å². The van der Waals surface area contributed by atoms with Gasteiger partial charge in [-0.2, -0.15) is 0 Å². The van der Waals surface area contributed by atoms with Gasteiger partial charge in [-0.25, -0.2) is 9.78 Å². The summed E-state index contributed by atoms with van der Waals surface area (Å²) < 4.78 is 6.76. The number of aryl methyl sites for hydroxylation is 2. The van der Waals surface area contributed by atoms with Crippen LogP contribution in [0.2, 0.25) is 0 Å². The number of amides is 1. The molecule has 0 saturated carbocycles. The molecule has 1 heterocycles. The van der Waals surface area contributed by atoms with Gasteiger partial charge in [0.2, 0.25) is 0 Å². The first-order valence-electron chi connectivity index (χ1n) is 9.49. The smallest absolute Gasteiger partial charge is 0.338 e. The number of ether oxygens (including phenoxy) is 1. The molecule has 31 heavy (non-hydrogen) atoms. The van der Waals surface area contributed by atoms with Crippen LogP contribution in [0.25, 0.3) is 11.0 Å². The quantitative estimate of drug-likeness (QED) is 0.365. The Morgan fingerprint density at radius 3 is 2.65 bits per heavy atom. The fourth-order valence-electron chi connectivity index (χ4n) is 3.07. The van der Waals surface area contributed by atoms with Crippen LogP contribution in [-0.4, -0.2) is 32.5 Å².